The van der Waals surface area contributed by atoms with Crippen molar-refractivity contribution in [2.24, 2.45) is 5.73 Å². The third-order valence-corrected chi connectivity index (χ3v) is 2.04. The van der Waals surface area contributed by atoms with Crippen molar-refractivity contribution in [2.75, 3.05) is 13.7 Å². The Labute approximate surface area is 82.3 Å². The van der Waals surface area contributed by atoms with Crippen molar-refractivity contribution in [3.63, 3.8) is 0 Å². The lowest BCUT2D eigenvalue weighted by Crippen LogP contribution is -2.13. The number of ether oxygens (including phenoxy) is 1. The van der Waals surface area contributed by atoms with Gasteiger partial charge in [-0.15, -0.1) is 0 Å². The minimum absolute atomic E-state index is 0.00168. The van der Waals surface area contributed by atoms with Crippen molar-refractivity contribution in [2.45, 2.75) is 12.5 Å². The van der Waals surface area contributed by atoms with Gasteiger partial charge in [-0.2, -0.15) is 0 Å². The molecule has 0 spiro atoms. The first kappa shape index (κ1) is 10.9. The number of hydrogen-bond donors (Lipinski definition) is 2. The third-order valence-electron chi connectivity index (χ3n) is 2.04. The van der Waals surface area contributed by atoms with Gasteiger partial charge < -0.3 is 15.6 Å². The molecule has 0 aliphatic carbocycles. The lowest BCUT2D eigenvalue weighted by Gasteiger charge is -2.14. The SMILES string of the molecule is COc1cc(F)ccc1[C@@H](N)CCO. The number of aliphatic hydroxyl groups excluding tert-OH is 1. The van der Waals surface area contributed by atoms with E-state index in [9.17, 15) is 4.39 Å². The molecule has 0 unspecified atom stereocenters. The summed E-state index contributed by atoms with van der Waals surface area (Å²) in [5, 5.41) is 8.72. The highest BCUT2D eigenvalue weighted by molar-refractivity contribution is 5.36. The molecule has 1 aromatic rings. The molecule has 0 aliphatic heterocycles. The van der Waals surface area contributed by atoms with E-state index < -0.39 is 0 Å². The Morgan fingerprint density at radius 2 is 2.29 bits per heavy atom. The second-order valence-corrected chi connectivity index (χ2v) is 3.01. The third kappa shape index (κ3) is 2.43. The largest absolute Gasteiger partial charge is 0.496 e. The Balaban J connectivity index is 2.95. The zero-order valence-electron chi connectivity index (χ0n) is 8.03. The molecule has 0 radical (unpaired) electrons. The molecule has 0 bridgehead atoms. The molecule has 0 amide bonds. The van der Waals surface area contributed by atoms with E-state index in [2.05, 4.69) is 0 Å². The average molecular weight is 199 g/mol. The number of methoxy groups -OCH3 is 1. The minimum Gasteiger partial charge on any atom is -0.496 e. The molecular weight excluding hydrogens is 185 g/mol. The second kappa shape index (κ2) is 4.93. The monoisotopic (exact) mass is 199 g/mol. The smallest absolute Gasteiger partial charge is 0.126 e. The van der Waals surface area contributed by atoms with E-state index in [0.29, 0.717) is 17.7 Å². The van der Waals surface area contributed by atoms with Crippen LogP contribution in [0.25, 0.3) is 0 Å². The van der Waals surface area contributed by atoms with E-state index >= 15 is 0 Å². The van der Waals surface area contributed by atoms with Crippen LogP contribution in [0.2, 0.25) is 0 Å². The summed E-state index contributed by atoms with van der Waals surface area (Å²) >= 11 is 0. The molecule has 0 aromatic heterocycles. The standard InChI is InChI=1S/C10H14FNO2/c1-14-10-6-7(11)2-3-8(10)9(12)4-5-13/h2-3,6,9,13H,4-5,12H2,1H3/t9-/m0/s1. The van der Waals surface area contributed by atoms with Gasteiger partial charge in [0.05, 0.1) is 7.11 Å². The molecule has 0 heterocycles. The van der Waals surface area contributed by atoms with Crippen LogP contribution in [0.15, 0.2) is 18.2 Å². The fourth-order valence-electron chi connectivity index (χ4n) is 1.29. The van der Waals surface area contributed by atoms with Gasteiger partial charge in [-0.1, -0.05) is 6.07 Å². The maximum absolute atomic E-state index is 12.8. The van der Waals surface area contributed by atoms with Gasteiger partial charge in [-0.3, -0.25) is 0 Å². The first-order valence-electron chi connectivity index (χ1n) is 4.39. The highest BCUT2D eigenvalue weighted by Gasteiger charge is 2.11. The molecule has 14 heavy (non-hydrogen) atoms. The Morgan fingerprint density at radius 3 is 2.86 bits per heavy atom. The van der Waals surface area contributed by atoms with Crippen LogP contribution in [0.3, 0.4) is 0 Å². The number of rotatable bonds is 4. The molecular formula is C10H14FNO2. The highest BCUT2D eigenvalue weighted by atomic mass is 19.1. The average Bonchev–Trinajstić information content (AvgIpc) is 2.17. The number of halogens is 1. The Bertz CT molecular complexity index is 304. The van der Waals surface area contributed by atoms with E-state index in [1.165, 1.54) is 19.2 Å². The molecule has 0 saturated heterocycles. The van der Waals surface area contributed by atoms with Crippen LogP contribution >= 0.6 is 0 Å². The molecule has 0 aliphatic rings. The molecule has 0 saturated carbocycles. The maximum atomic E-state index is 12.8. The van der Waals surface area contributed by atoms with E-state index in [1.807, 2.05) is 0 Å². The number of benzene rings is 1. The van der Waals surface area contributed by atoms with Crippen molar-refractivity contribution in [3.05, 3.63) is 29.6 Å². The summed E-state index contributed by atoms with van der Waals surface area (Å²) in [5.41, 5.74) is 6.48. The molecule has 3 N–H and O–H groups in total. The van der Waals surface area contributed by atoms with Gasteiger partial charge >= 0.3 is 0 Å². The lowest BCUT2D eigenvalue weighted by atomic mass is 10.0. The molecule has 1 rings (SSSR count). The van der Waals surface area contributed by atoms with E-state index in [1.54, 1.807) is 6.07 Å². The van der Waals surface area contributed by atoms with Gasteiger partial charge in [0, 0.05) is 24.3 Å². The van der Waals surface area contributed by atoms with E-state index in [0.717, 1.165) is 0 Å². The summed E-state index contributed by atoms with van der Waals surface area (Å²) in [4.78, 5) is 0. The highest BCUT2D eigenvalue weighted by Crippen LogP contribution is 2.26. The molecule has 1 atom stereocenters. The minimum atomic E-state index is -0.359. The summed E-state index contributed by atoms with van der Waals surface area (Å²) in [5.74, 6) is 0.0627. The van der Waals surface area contributed by atoms with Gasteiger partial charge in [0.25, 0.3) is 0 Å². The van der Waals surface area contributed by atoms with Crippen LogP contribution in [0, 0.1) is 5.82 Å². The van der Waals surface area contributed by atoms with Crippen molar-refractivity contribution < 1.29 is 14.2 Å². The second-order valence-electron chi connectivity index (χ2n) is 3.01. The van der Waals surface area contributed by atoms with Crippen LogP contribution < -0.4 is 10.5 Å². The Kier molecular flexibility index (Phi) is 3.85. The van der Waals surface area contributed by atoms with Crippen LogP contribution in [-0.4, -0.2) is 18.8 Å². The van der Waals surface area contributed by atoms with Crippen molar-refractivity contribution in [3.8, 4) is 5.75 Å². The fraction of sp³-hybridized carbons (Fsp3) is 0.400. The summed E-state index contributed by atoms with van der Waals surface area (Å²) in [6.45, 7) is 0.00168. The van der Waals surface area contributed by atoms with E-state index in [-0.39, 0.29) is 18.5 Å². The summed E-state index contributed by atoms with van der Waals surface area (Å²) in [7, 11) is 1.46. The van der Waals surface area contributed by atoms with E-state index in [4.69, 9.17) is 15.6 Å². The van der Waals surface area contributed by atoms with Crippen LogP contribution in [0.5, 0.6) is 5.75 Å². The Hall–Kier alpha value is -1.13. The van der Waals surface area contributed by atoms with Crippen LogP contribution in [0.4, 0.5) is 4.39 Å². The fourth-order valence-corrected chi connectivity index (χ4v) is 1.29. The molecule has 78 valence electrons. The molecule has 0 fully saturated rings. The lowest BCUT2D eigenvalue weighted by molar-refractivity contribution is 0.275. The number of aliphatic hydroxyl groups is 1. The topological polar surface area (TPSA) is 55.5 Å². The van der Waals surface area contributed by atoms with Gasteiger partial charge in [0.2, 0.25) is 0 Å². The van der Waals surface area contributed by atoms with Crippen molar-refractivity contribution in [1.29, 1.82) is 0 Å². The zero-order valence-corrected chi connectivity index (χ0v) is 8.03. The summed E-state index contributed by atoms with van der Waals surface area (Å²) < 4.78 is 17.8. The zero-order chi connectivity index (χ0) is 10.6. The molecule has 1 aromatic carbocycles. The van der Waals surface area contributed by atoms with Gasteiger partial charge in [0.1, 0.15) is 11.6 Å². The van der Waals surface area contributed by atoms with Gasteiger partial charge in [-0.05, 0) is 12.5 Å². The van der Waals surface area contributed by atoms with Gasteiger partial charge in [0.15, 0.2) is 0 Å². The molecule has 3 nitrogen and oxygen atoms in total. The van der Waals surface area contributed by atoms with Crippen LogP contribution in [0.1, 0.15) is 18.0 Å². The first-order valence-corrected chi connectivity index (χ1v) is 4.39. The molecule has 4 heteroatoms. The van der Waals surface area contributed by atoms with Crippen molar-refractivity contribution >= 4 is 0 Å². The normalized spacial score (nSPS) is 12.6. The number of nitrogens with two attached hydrogens (primary N) is 1. The van der Waals surface area contributed by atoms with Gasteiger partial charge in [-0.25, -0.2) is 4.39 Å². The predicted octanol–water partition coefficient (Wildman–Crippen LogP) is 1.22. The predicted molar refractivity (Wildman–Crippen MR) is 51.6 cm³/mol. The Morgan fingerprint density at radius 1 is 1.57 bits per heavy atom. The number of hydrogen-bond acceptors (Lipinski definition) is 3. The summed E-state index contributed by atoms with van der Waals surface area (Å²) in [6.07, 6.45) is 0.433. The first-order chi connectivity index (χ1) is 6.69. The van der Waals surface area contributed by atoms with Crippen molar-refractivity contribution in [1.82, 2.24) is 0 Å². The van der Waals surface area contributed by atoms with Crippen LogP contribution in [-0.2, 0) is 0 Å². The summed E-state index contributed by atoms with van der Waals surface area (Å²) in [6, 6.07) is 3.87. The maximum Gasteiger partial charge on any atom is 0.126 e. The quantitative estimate of drug-likeness (QED) is 0.766.